The van der Waals surface area contributed by atoms with Crippen LogP contribution in [0, 0.1) is 0 Å². The lowest BCUT2D eigenvalue weighted by molar-refractivity contribution is -0.130. The van der Waals surface area contributed by atoms with Gasteiger partial charge in [0, 0.05) is 52.7 Å². The number of guanidine groups is 1. The zero-order valence-electron chi connectivity index (χ0n) is 16.0. The highest BCUT2D eigenvalue weighted by atomic mass is 16.2. The molecule has 0 spiro atoms. The van der Waals surface area contributed by atoms with Crippen molar-refractivity contribution in [2.75, 3.05) is 52.4 Å². The Bertz CT molecular complexity index is 466. The van der Waals surface area contributed by atoms with Crippen LogP contribution in [0.2, 0.25) is 0 Å². The van der Waals surface area contributed by atoms with Crippen LogP contribution in [0.5, 0.6) is 0 Å². The maximum Gasteiger partial charge on any atom is 0.219 e. The predicted molar refractivity (Wildman–Crippen MR) is 104 cm³/mol. The van der Waals surface area contributed by atoms with Crippen molar-refractivity contribution in [2.24, 2.45) is 4.99 Å². The van der Waals surface area contributed by atoms with Gasteiger partial charge in [-0.25, -0.2) is 0 Å². The molecule has 0 aromatic rings. The van der Waals surface area contributed by atoms with E-state index in [9.17, 15) is 4.79 Å². The van der Waals surface area contributed by atoms with Crippen molar-refractivity contribution in [1.82, 2.24) is 20.4 Å². The van der Waals surface area contributed by atoms with Crippen LogP contribution in [0.25, 0.3) is 0 Å². The Morgan fingerprint density at radius 1 is 1.20 bits per heavy atom. The first-order valence-electron chi connectivity index (χ1n) is 9.87. The van der Waals surface area contributed by atoms with Gasteiger partial charge in [0.25, 0.3) is 0 Å². The van der Waals surface area contributed by atoms with E-state index >= 15 is 0 Å². The quantitative estimate of drug-likeness (QED) is 0.416. The van der Waals surface area contributed by atoms with Gasteiger partial charge >= 0.3 is 0 Å². The topological polar surface area (TPSA) is 60.0 Å². The zero-order chi connectivity index (χ0) is 17.9. The van der Waals surface area contributed by atoms with Crippen LogP contribution in [0.4, 0.5) is 0 Å². The third-order valence-corrected chi connectivity index (χ3v) is 4.97. The summed E-state index contributed by atoms with van der Waals surface area (Å²) in [6, 6.07) is 0. The number of piperazine rings is 1. The van der Waals surface area contributed by atoms with E-state index in [1.807, 2.05) is 4.90 Å². The standard InChI is InChI=1S/C19H35N5O/c1-3-20-19(21-10-9-18-7-5-4-6-8-18)22-11-12-23-13-15-24(16-14-23)17(2)25/h7H,3-6,8-16H2,1-2H3,(H2,20,21,22). The molecular formula is C19H35N5O. The van der Waals surface area contributed by atoms with E-state index in [2.05, 4.69) is 28.5 Å². The van der Waals surface area contributed by atoms with Gasteiger partial charge in [-0.1, -0.05) is 11.6 Å². The van der Waals surface area contributed by atoms with Gasteiger partial charge in [0.05, 0.1) is 6.54 Å². The Labute approximate surface area is 152 Å². The van der Waals surface area contributed by atoms with Crippen LogP contribution in [0.1, 0.15) is 46.0 Å². The van der Waals surface area contributed by atoms with Crippen molar-refractivity contribution in [2.45, 2.75) is 46.0 Å². The lowest BCUT2D eigenvalue weighted by atomic mass is 9.97. The average molecular weight is 350 g/mol. The van der Waals surface area contributed by atoms with E-state index in [4.69, 9.17) is 4.99 Å². The van der Waals surface area contributed by atoms with Crippen molar-refractivity contribution in [1.29, 1.82) is 0 Å². The van der Waals surface area contributed by atoms with Crippen molar-refractivity contribution >= 4 is 11.9 Å². The molecule has 1 aliphatic heterocycles. The fraction of sp³-hybridized carbons (Fsp3) is 0.789. The highest BCUT2D eigenvalue weighted by Crippen LogP contribution is 2.19. The molecule has 0 radical (unpaired) electrons. The van der Waals surface area contributed by atoms with E-state index in [1.54, 1.807) is 12.5 Å². The number of allylic oxidation sites excluding steroid dienone is 1. The number of carbonyl (C=O) groups is 1. The number of hydrogen-bond donors (Lipinski definition) is 2. The molecule has 0 aromatic carbocycles. The molecule has 142 valence electrons. The molecule has 2 rings (SSSR count). The first kappa shape index (κ1) is 19.8. The summed E-state index contributed by atoms with van der Waals surface area (Å²) >= 11 is 0. The first-order chi connectivity index (χ1) is 12.2. The van der Waals surface area contributed by atoms with Crippen LogP contribution in [0.3, 0.4) is 0 Å². The lowest BCUT2D eigenvalue weighted by Gasteiger charge is -2.33. The Morgan fingerprint density at radius 2 is 2.00 bits per heavy atom. The summed E-state index contributed by atoms with van der Waals surface area (Å²) in [5.41, 5.74) is 1.60. The molecule has 1 heterocycles. The average Bonchev–Trinajstić information content (AvgIpc) is 2.63. The van der Waals surface area contributed by atoms with Gasteiger partial charge in [-0.15, -0.1) is 0 Å². The number of amides is 1. The Kier molecular flexibility index (Phi) is 8.80. The molecule has 25 heavy (non-hydrogen) atoms. The van der Waals surface area contributed by atoms with E-state index < -0.39 is 0 Å². The molecule has 1 saturated heterocycles. The number of nitrogens with zero attached hydrogens (tertiary/aromatic N) is 3. The zero-order valence-corrected chi connectivity index (χ0v) is 16.0. The third-order valence-electron chi connectivity index (χ3n) is 4.97. The van der Waals surface area contributed by atoms with Crippen molar-refractivity contribution in [3.8, 4) is 0 Å². The van der Waals surface area contributed by atoms with Crippen molar-refractivity contribution in [3.05, 3.63) is 11.6 Å². The molecule has 0 atom stereocenters. The molecule has 0 unspecified atom stereocenters. The molecule has 6 nitrogen and oxygen atoms in total. The van der Waals surface area contributed by atoms with Gasteiger partial charge in [-0.2, -0.15) is 0 Å². The van der Waals surface area contributed by atoms with Gasteiger partial charge in [-0.3, -0.25) is 14.7 Å². The molecule has 0 aromatic heterocycles. The van der Waals surface area contributed by atoms with Crippen LogP contribution in [-0.2, 0) is 4.79 Å². The van der Waals surface area contributed by atoms with Crippen molar-refractivity contribution in [3.63, 3.8) is 0 Å². The fourth-order valence-electron chi connectivity index (χ4n) is 3.40. The normalized spacial score (nSPS) is 19.5. The molecule has 6 heteroatoms. The van der Waals surface area contributed by atoms with E-state index in [-0.39, 0.29) is 5.91 Å². The SMILES string of the molecule is CCNC(=NCCN1CCN(C(C)=O)CC1)NCCC1=CCCCC1. The molecular weight excluding hydrogens is 314 g/mol. The largest absolute Gasteiger partial charge is 0.357 e. The number of hydrogen-bond acceptors (Lipinski definition) is 3. The summed E-state index contributed by atoms with van der Waals surface area (Å²) in [6.07, 6.45) is 8.74. The molecule has 1 fully saturated rings. The molecule has 0 saturated carbocycles. The Morgan fingerprint density at radius 3 is 2.64 bits per heavy atom. The number of nitrogens with one attached hydrogen (secondary N) is 2. The number of carbonyl (C=O) groups excluding carboxylic acids is 1. The van der Waals surface area contributed by atoms with E-state index in [0.717, 1.165) is 64.7 Å². The minimum atomic E-state index is 0.185. The minimum Gasteiger partial charge on any atom is -0.357 e. The highest BCUT2D eigenvalue weighted by molar-refractivity contribution is 5.79. The van der Waals surface area contributed by atoms with E-state index in [1.165, 1.54) is 25.7 Å². The van der Waals surface area contributed by atoms with Gasteiger partial charge in [0.1, 0.15) is 0 Å². The van der Waals surface area contributed by atoms with Crippen LogP contribution < -0.4 is 10.6 Å². The summed E-state index contributed by atoms with van der Waals surface area (Å²) in [7, 11) is 0. The van der Waals surface area contributed by atoms with Gasteiger partial charge in [0.15, 0.2) is 5.96 Å². The van der Waals surface area contributed by atoms with Gasteiger partial charge < -0.3 is 15.5 Å². The lowest BCUT2D eigenvalue weighted by Crippen LogP contribution is -2.48. The second kappa shape index (κ2) is 11.1. The molecule has 2 N–H and O–H groups in total. The Balaban J connectivity index is 1.66. The first-order valence-corrected chi connectivity index (χ1v) is 9.87. The predicted octanol–water partition coefficient (Wildman–Crippen LogP) is 1.60. The van der Waals surface area contributed by atoms with E-state index in [0.29, 0.717) is 0 Å². The summed E-state index contributed by atoms with van der Waals surface area (Å²) in [5, 5.41) is 6.78. The van der Waals surface area contributed by atoms with Gasteiger partial charge in [0.2, 0.25) is 5.91 Å². The molecule has 2 aliphatic rings. The second-order valence-electron chi connectivity index (χ2n) is 6.89. The maximum atomic E-state index is 11.4. The molecule has 1 amide bonds. The summed E-state index contributed by atoms with van der Waals surface area (Å²) in [5.74, 6) is 1.10. The summed E-state index contributed by atoms with van der Waals surface area (Å²) < 4.78 is 0. The summed E-state index contributed by atoms with van der Waals surface area (Å²) in [6.45, 7) is 10.9. The molecule has 1 aliphatic carbocycles. The Hall–Kier alpha value is -1.56. The minimum absolute atomic E-state index is 0.185. The van der Waals surface area contributed by atoms with Crippen LogP contribution in [0.15, 0.2) is 16.6 Å². The fourth-order valence-corrected chi connectivity index (χ4v) is 3.40. The third kappa shape index (κ3) is 7.46. The molecule has 0 bridgehead atoms. The monoisotopic (exact) mass is 349 g/mol. The second-order valence-corrected chi connectivity index (χ2v) is 6.89. The van der Waals surface area contributed by atoms with Crippen LogP contribution in [-0.4, -0.2) is 74.0 Å². The van der Waals surface area contributed by atoms with Gasteiger partial charge in [-0.05, 0) is 39.0 Å². The smallest absolute Gasteiger partial charge is 0.219 e. The van der Waals surface area contributed by atoms with Crippen LogP contribution >= 0.6 is 0 Å². The number of rotatable bonds is 7. The van der Waals surface area contributed by atoms with Crippen molar-refractivity contribution < 1.29 is 4.79 Å². The number of aliphatic imine (C=N–C) groups is 1. The maximum absolute atomic E-state index is 11.4. The summed E-state index contributed by atoms with van der Waals surface area (Å²) in [4.78, 5) is 20.4. The highest BCUT2D eigenvalue weighted by Gasteiger charge is 2.17.